The molecule has 0 radical (unpaired) electrons. The van der Waals surface area contributed by atoms with Gasteiger partial charge < -0.3 is 10.6 Å². The molecule has 0 amide bonds. The highest BCUT2D eigenvalue weighted by Gasteiger charge is 2.28. The molecule has 0 bridgehead atoms. The van der Waals surface area contributed by atoms with Crippen LogP contribution in [-0.2, 0) is 10.0 Å². The highest BCUT2D eigenvalue weighted by atomic mass is 32.2. The molecule has 0 atom stereocenters. The van der Waals surface area contributed by atoms with Gasteiger partial charge in [-0.2, -0.15) is 4.31 Å². The second-order valence-corrected chi connectivity index (χ2v) is 7.31. The minimum absolute atomic E-state index is 0.0561. The number of nitrogens with zero attached hydrogens (tertiary/aromatic N) is 3. The molecule has 0 saturated carbocycles. The molecule has 1 heterocycles. The van der Waals surface area contributed by atoms with Crippen LogP contribution in [0, 0.1) is 5.92 Å². The summed E-state index contributed by atoms with van der Waals surface area (Å²) in [5.41, 5.74) is 5.94. The van der Waals surface area contributed by atoms with Gasteiger partial charge in [0.25, 0.3) is 10.0 Å². The van der Waals surface area contributed by atoms with E-state index < -0.39 is 10.0 Å². The van der Waals surface area contributed by atoms with Crippen molar-refractivity contribution in [2.24, 2.45) is 5.92 Å². The number of rotatable bonds is 7. The Morgan fingerprint density at radius 1 is 1.30 bits per heavy atom. The first-order valence-corrected chi connectivity index (χ1v) is 8.04. The number of hydrogen-bond donors (Lipinski definition) is 1. The van der Waals surface area contributed by atoms with Crippen molar-refractivity contribution in [3.63, 3.8) is 0 Å². The maximum absolute atomic E-state index is 12.7. The normalized spacial score (nSPS) is 12.6. The lowest BCUT2D eigenvalue weighted by Gasteiger charge is -2.25. The van der Waals surface area contributed by atoms with E-state index in [1.165, 1.54) is 10.5 Å². The van der Waals surface area contributed by atoms with Crippen LogP contribution in [0.2, 0.25) is 0 Å². The van der Waals surface area contributed by atoms with Crippen molar-refractivity contribution in [3.05, 3.63) is 18.3 Å². The Balaban J connectivity index is 3.07. The van der Waals surface area contributed by atoms with Crippen molar-refractivity contribution in [2.45, 2.75) is 18.9 Å². The molecule has 0 aliphatic rings. The Kier molecular flexibility index (Phi) is 5.91. The number of anilines is 1. The lowest BCUT2D eigenvalue weighted by molar-refractivity contribution is 0.312. The minimum atomic E-state index is -3.65. The van der Waals surface area contributed by atoms with Gasteiger partial charge in [-0.25, -0.2) is 13.4 Å². The second kappa shape index (κ2) is 7.01. The third-order valence-electron chi connectivity index (χ3n) is 2.75. The molecule has 0 spiro atoms. The lowest BCUT2D eigenvalue weighted by atomic mass is 10.2. The molecule has 0 aliphatic heterocycles. The summed E-state index contributed by atoms with van der Waals surface area (Å²) < 4.78 is 26.8. The van der Waals surface area contributed by atoms with Crippen molar-refractivity contribution in [1.29, 1.82) is 0 Å². The molecule has 6 nitrogen and oxygen atoms in total. The number of aromatic nitrogens is 1. The molecule has 20 heavy (non-hydrogen) atoms. The van der Waals surface area contributed by atoms with Crippen molar-refractivity contribution >= 4 is 15.7 Å². The average molecular weight is 300 g/mol. The van der Waals surface area contributed by atoms with E-state index in [1.54, 1.807) is 12.1 Å². The fourth-order valence-corrected chi connectivity index (χ4v) is 3.39. The number of sulfonamides is 1. The second-order valence-electron chi connectivity index (χ2n) is 5.46. The fraction of sp³-hybridized carbons (Fsp3) is 0.615. The van der Waals surface area contributed by atoms with E-state index in [9.17, 15) is 8.42 Å². The zero-order chi connectivity index (χ0) is 15.3. The van der Waals surface area contributed by atoms with Crippen LogP contribution in [0.4, 0.5) is 5.69 Å². The zero-order valence-electron chi connectivity index (χ0n) is 12.6. The zero-order valence-corrected chi connectivity index (χ0v) is 13.4. The van der Waals surface area contributed by atoms with E-state index in [0.717, 1.165) is 0 Å². The van der Waals surface area contributed by atoms with Crippen LogP contribution in [0.25, 0.3) is 0 Å². The third-order valence-corrected chi connectivity index (χ3v) is 4.59. The van der Waals surface area contributed by atoms with Gasteiger partial charge in [0.05, 0.1) is 5.69 Å². The van der Waals surface area contributed by atoms with Gasteiger partial charge in [-0.15, -0.1) is 0 Å². The van der Waals surface area contributed by atoms with Gasteiger partial charge in [-0.3, -0.25) is 0 Å². The predicted molar refractivity (Wildman–Crippen MR) is 80.8 cm³/mol. The Labute approximate surface area is 121 Å². The summed E-state index contributed by atoms with van der Waals surface area (Å²) in [5.74, 6) is 0.233. The van der Waals surface area contributed by atoms with Crippen molar-refractivity contribution < 1.29 is 8.42 Å². The van der Waals surface area contributed by atoms with Crippen LogP contribution < -0.4 is 5.73 Å². The van der Waals surface area contributed by atoms with E-state index >= 15 is 0 Å². The smallest absolute Gasteiger partial charge is 0.262 e. The first-order chi connectivity index (χ1) is 9.25. The Morgan fingerprint density at radius 2 is 1.95 bits per heavy atom. The number of hydrogen-bond acceptors (Lipinski definition) is 5. The quantitative estimate of drug-likeness (QED) is 0.808. The summed E-state index contributed by atoms with van der Waals surface area (Å²) >= 11 is 0. The molecule has 0 aliphatic carbocycles. The number of likely N-dealkylation sites (N-methyl/N-ethyl adjacent to an activating group) is 1. The summed E-state index contributed by atoms with van der Waals surface area (Å²) in [6.07, 6.45) is 1.45. The van der Waals surface area contributed by atoms with Gasteiger partial charge in [0, 0.05) is 25.8 Å². The molecule has 7 heteroatoms. The van der Waals surface area contributed by atoms with Gasteiger partial charge in [-0.1, -0.05) is 13.8 Å². The standard InChI is InChI=1S/C13H24N4O2S/c1-11(2)10-17(9-8-16(3)4)20(18,19)13-12(14)6-5-7-15-13/h5-7,11H,8-10,14H2,1-4H3. The van der Waals surface area contributed by atoms with Crippen molar-refractivity contribution in [2.75, 3.05) is 39.5 Å². The van der Waals surface area contributed by atoms with Crippen LogP contribution in [0.15, 0.2) is 23.4 Å². The molecule has 114 valence electrons. The van der Waals surface area contributed by atoms with E-state index in [4.69, 9.17) is 5.73 Å². The van der Waals surface area contributed by atoms with Gasteiger partial charge in [-0.05, 0) is 32.1 Å². The Morgan fingerprint density at radius 3 is 2.45 bits per heavy atom. The Hall–Kier alpha value is -1.18. The lowest BCUT2D eigenvalue weighted by Crippen LogP contribution is -2.39. The molecule has 0 aromatic carbocycles. The van der Waals surface area contributed by atoms with Crippen LogP contribution in [0.1, 0.15) is 13.8 Å². The van der Waals surface area contributed by atoms with Crippen LogP contribution >= 0.6 is 0 Å². The summed E-state index contributed by atoms with van der Waals surface area (Å²) in [6.45, 7) is 5.49. The van der Waals surface area contributed by atoms with Gasteiger partial charge in [0.15, 0.2) is 5.03 Å². The SMILES string of the molecule is CC(C)CN(CCN(C)C)S(=O)(=O)c1ncccc1N. The summed E-state index contributed by atoms with van der Waals surface area (Å²) in [7, 11) is 0.172. The molecule has 0 saturated heterocycles. The first-order valence-electron chi connectivity index (χ1n) is 6.60. The maximum Gasteiger partial charge on any atom is 0.262 e. The predicted octanol–water partition coefficient (Wildman–Crippen LogP) is 0.872. The molecule has 1 aromatic rings. The summed E-state index contributed by atoms with van der Waals surface area (Å²) in [4.78, 5) is 5.89. The molecular weight excluding hydrogens is 276 g/mol. The Bertz CT molecular complexity index is 529. The molecule has 0 unspecified atom stereocenters. The molecule has 2 N–H and O–H groups in total. The van der Waals surface area contributed by atoms with Crippen molar-refractivity contribution in [3.8, 4) is 0 Å². The van der Waals surface area contributed by atoms with Gasteiger partial charge >= 0.3 is 0 Å². The number of nitrogens with two attached hydrogens (primary N) is 1. The fourth-order valence-electron chi connectivity index (χ4n) is 1.77. The molecule has 1 rings (SSSR count). The van der Waals surface area contributed by atoms with E-state index in [-0.39, 0.29) is 16.6 Å². The monoisotopic (exact) mass is 300 g/mol. The van der Waals surface area contributed by atoms with Gasteiger partial charge in [0.1, 0.15) is 0 Å². The van der Waals surface area contributed by atoms with Crippen molar-refractivity contribution in [1.82, 2.24) is 14.2 Å². The average Bonchev–Trinajstić information content (AvgIpc) is 2.34. The topological polar surface area (TPSA) is 79.5 Å². The van der Waals surface area contributed by atoms with E-state index in [2.05, 4.69) is 4.98 Å². The van der Waals surface area contributed by atoms with Crippen LogP contribution in [0.3, 0.4) is 0 Å². The largest absolute Gasteiger partial charge is 0.396 e. The number of pyridine rings is 1. The van der Waals surface area contributed by atoms with Crippen LogP contribution in [-0.4, -0.2) is 56.3 Å². The number of nitrogen functional groups attached to an aromatic ring is 1. The molecule has 0 fully saturated rings. The summed E-state index contributed by atoms with van der Waals surface area (Å²) in [5, 5.41) is -0.0561. The van der Waals surface area contributed by atoms with E-state index in [1.807, 2.05) is 32.8 Å². The first kappa shape index (κ1) is 16.9. The van der Waals surface area contributed by atoms with Crippen LogP contribution in [0.5, 0.6) is 0 Å². The highest BCUT2D eigenvalue weighted by Crippen LogP contribution is 2.20. The molecule has 1 aromatic heterocycles. The maximum atomic E-state index is 12.7. The minimum Gasteiger partial charge on any atom is -0.396 e. The molecular formula is C13H24N4O2S. The van der Waals surface area contributed by atoms with Gasteiger partial charge in [0.2, 0.25) is 0 Å². The van der Waals surface area contributed by atoms with E-state index in [0.29, 0.717) is 19.6 Å². The third kappa shape index (κ3) is 4.43. The summed E-state index contributed by atoms with van der Waals surface area (Å²) in [6, 6.07) is 3.18. The highest BCUT2D eigenvalue weighted by molar-refractivity contribution is 7.89.